The number of ether oxygens (including phenoxy) is 2. The zero-order valence-corrected chi connectivity index (χ0v) is 16.3. The Morgan fingerprint density at radius 3 is 2.54 bits per heavy atom. The van der Waals surface area contributed by atoms with Gasteiger partial charge in [-0.25, -0.2) is 4.79 Å². The third-order valence-corrected chi connectivity index (χ3v) is 4.55. The van der Waals surface area contributed by atoms with Gasteiger partial charge in [-0.05, 0) is 0 Å². The zero-order chi connectivity index (χ0) is 21.7. The molecule has 6 N–H and O–H groups in total. The normalized spacial score (nSPS) is 32.0. The number of carboxylic acid groups (broad SMARTS) is 1. The molecule has 1 aliphatic heterocycles. The van der Waals surface area contributed by atoms with E-state index in [1.165, 1.54) is 6.08 Å². The zero-order valence-electron chi connectivity index (χ0n) is 15.4. The number of aliphatic carboxylic acids is 1. The van der Waals surface area contributed by atoms with Gasteiger partial charge in [0.2, 0.25) is 5.91 Å². The number of carbonyl (C=O) groups is 2. The lowest BCUT2D eigenvalue weighted by Crippen LogP contribution is -2.67. The second-order valence-corrected chi connectivity index (χ2v) is 8.26. The molecule has 1 amide bonds. The summed E-state index contributed by atoms with van der Waals surface area (Å²) < 4.78 is 26.3. The van der Waals surface area contributed by atoms with Gasteiger partial charge in [0.25, 0.3) is 5.79 Å². The first-order valence-corrected chi connectivity index (χ1v) is 10.3. The van der Waals surface area contributed by atoms with E-state index in [0.717, 1.165) is 13.6 Å². The van der Waals surface area contributed by atoms with Crippen LogP contribution in [-0.2, 0) is 28.2 Å². The fraction of sp³-hybridized carbons (Fsp3) is 0.733. The molecule has 1 saturated heterocycles. The molecule has 0 saturated carbocycles. The molecule has 13 heteroatoms. The van der Waals surface area contributed by atoms with E-state index in [1.807, 2.05) is 0 Å². The van der Waals surface area contributed by atoms with Crippen molar-refractivity contribution < 1.29 is 53.5 Å². The molecule has 0 aromatic rings. The molecule has 7 atom stereocenters. The van der Waals surface area contributed by atoms with Crippen LogP contribution in [0.1, 0.15) is 13.3 Å². The van der Waals surface area contributed by atoms with Crippen molar-refractivity contribution in [3.8, 4) is 0 Å². The van der Waals surface area contributed by atoms with Gasteiger partial charge in [0.05, 0.1) is 25.4 Å². The fourth-order valence-corrected chi connectivity index (χ4v) is 3.11. The Bertz CT molecular complexity index is 623. The maximum atomic E-state index is 11.7. The number of aliphatic hydroxyl groups excluding tert-OH is 3. The Hall–Kier alpha value is -1.37. The van der Waals surface area contributed by atoms with E-state index in [2.05, 4.69) is 16.4 Å². The van der Waals surface area contributed by atoms with E-state index in [-0.39, 0.29) is 6.61 Å². The van der Waals surface area contributed by atoms with E-state index in [0.29, 0.717) is 0 Å². The lowest BCUT2D eigenvalue weighted by Gasteiger charge is -2.46. The van der Waals surface area contributed by atoms with Crippen LogP contribution in [0, 0.1) is 0 Å². The molecule has 0 aliphatic carbocycles. The summed E-state index contributed by atoms with van der Waals surface area (Å²) in [4.78, 5) is 32.3. The Morgan fingerprint density at radius 2 is 2.07 bits per heavy atom. The van der Waals surface area contributed by atoms with Crippen molar-refractivity contribution in [2.45, 2.75) is 49.6 Å². The first-order chi connectivity index (χ1) is 12.8. The topological polar surface area (TPSA) is 192 Å². The van der Waals surface area contributed by atoms with Gasteiger partial charge < -0.3 is 44.6 Å². The lowest BCUT2D eigenvalue weighted by molar-refractivity contribution is -0.308. The summed E-state index contributed by atoms with van der Waals surface area (Å²) in [6.45, 7) is 4.33. The smallest absolute Gasteiger partial charge is 0.364 e. The van der Waals surface area contributed by atoms with Crippen molar-refractivity contribution in [1.29, 1.82) is 0 Å². The Balaban J connectivity index is 3.15. The number of hydrogen-bond donors (Lipinski definition) is 6. The molecule has 1 heterocycles. The molecular formula is C15H26NO11P. The average molecular weight is 427 g/mol. The number of carboxylic acids is 1. The number of aliphatic hydroxyl groups is 3. The first kappa shape index (κ1) is 24.7. The molecule has 1 fully saturated rings. The monoisotopic (exact) mass is 427 g/mol. The Kier molecular flexibility index (Phi) is 8.72. The van der Waals surface area contributed by atoms with Gasteiger partial charge in [0, 0.05) is 20.0 Å². The van der Waals surface area contributed by atoms with E-state index in [4.69, 9.17) is 14.4 Å². The summed E-state index contributed by atoms with van der Waals surface area (Å²) >= 11 is 0. The highest BCUT2D eigenvalue weighted by Gasteiger charge is 2.55. The quantitative estimate of drug-likeness (QED) is 0.170. The van der Waals surface area contributed by atoms with Gasteiger partial charge in [-0.3, -0.25) is 9.36 Å². The Labute approximate surface area is 161 Å². The molecule has 1 unspecified atom stereocenters. The number of rotatable bonds is 10. The summed E-state index contributed by atoms with van der Waals surface area (Å²) in [6, 6.07) is -1.30. The Morgan fingerprint density at radius 1 is 1.46 bits per heavy atom. The predicted molar refractivity (Wildman–Crippen MR) is 93.3 cm³/mol. The van der Waals surface area contributed by atoms with Crippen LogP contribution < -0.4 is 5.32 Å². The molecule has 0 aromatic carbocycles. The molecule has 12 nitrogen and oxygen atoms in total. The molecule has 0 bridgehead atoms. The van der Waals surface area contributed by atoms with Crippen LogP contribution in [0.2, 0.25) is 0 Å². The second kappa shape index (κ2) is 9.90. The van der Waals surface area contributed by atoms with Crippen molar-refractivity contribution in [3.05, 3.63) is 12.7 Å². The van der Waals surface area contributed by atoms with E-state index < -0.39 is 68.7 Å². The van der Waals surface area contributed by atoms with Crippen LogP contribution in [0.3, 0.4) is 0 Å². The number of amides is 1. The standard InChI is InChI=1S/C15H26NO11P/c1-4-5-25-15(14(21)22)6-9(18)11(16-8(2)17)13(27-15)12(20)10(19)7-26-28(3,23)24/h4,9-13,18-20H,1,5-7H2,2-3H3,(H,16,17)(H,21,22)(H,23,24)/t9-,10+,11+,12+,13+,15+/m0/s1. The molecule has 0 radical (unpaired) electrons. The summed E-state index contributed by atoms with van der Waals surface area (Å²) in [6.07, 6.45) is -6.24. The van der Waals surface area contributed by atoms with Crippen molar-refractivity contribution in [3.63, 3.8) is 0 Å². The third kappa shape index (κ3) is 6.61. The van der Waals surface area contributed by atoms with Crippen LogP contribution in [0.5, 0.6) is 0 Å². The van der Waals surface area contributed by atoms with E-state index in [9.17, 15) is 34.6 Å². The highest BCUT2D eigenvalue weighted by Crippen LogP contribution is 2.37. The van der Waals surface area contributed by atoms with Gasteiger partial charge in [-0.1, -0.05) is 6.08 Å². The van der Waals surface area contributed by atoms with Crippen molar-refractivity contribution in [2.24, 2.45) is 0 Å². The predicted octanol–water partition coefficient (Wildman–Crippen LogP) is -1.82. The minimum atomic E-state index is -3.97. The van der Waals surface area contributed by atoms with Crippen LogP contribution in [0.25, 0.3) is 0 Å². The fourth-order valence-electron chi connectivity index (χ4n) is 2.68. The van der Waals surface area contributed by atoms with Crippen LogP contribution in [0.15, 0.2) is 12.7 Å². The number of hydrogen-bond acceptors (Lipinski definition) is 9. The van der Waals surface area contributed by atoms with Crippen LogP contribution >= 0.6 is 7.60 Å². The second-order valence-electron chi connectivity index (χ2n) is 6.39. The van der Waals surface area contributed by atoms with Crippen molar-refractivity contribution in [2.75, 3.05) is 19.9 Å². The van der Waals surface area contributed by atoms with Crippen LogP contribution in [0.4, 0.5) is 0 Å². The van der Waals surface area contributed by atoms with Gasteiger partial charge in [-0.2, -0.15) is 0 Å². The maximum absolute atomic E-state index is 11.7. The molecule has 28 heavy (non-hydrogen) atoms. The minimum Gasteiger partial charge on any atom is -0.477 e. The molecule has 162 valence electrons. The molecule has 1 rings (SSSR count). The molecule has 0 aromatic heterocycles. The highest BCUT2D eigenvalue weighted by atomic mass is 31.2. The van der Waals surface area contributed by atoms with Gasteiger partial charge in [0.15, 0.2) is 0 Å². The van der Waals surface area contributed by atoms with Crippen molar-refractivity contribution in [1.82, 2.24) is 5.32 Å². The van der Waals surface area contributed by atoms with E-state index >= 15 is 0 Å². The number of carbonyl (C=O) groups excluding carboxylic acids is 1. The van der Waals surface area contributed by atoms with Gasteiger partial charge in [-0.15, -0.1) is 6.58 Å². The van der Waals surface area contributed by atoms with E-state index in [1.54, 1.807) is 0 Å². The van der Waals surface area contributed by atoms with Gasteiger partial charge >= 0.3 is 13.6 Å². The molecule has 0 spiro atoms. The SMILES string of the molecule is C=CCO[C@]1(C(=O)O)C[C@H](O)[C@@H](NC(C)=O)[C@H]([C@H](O)[C@H](O)COP(C)(=O)O)O1. The van der Waals surface area contributed by atoms with Crippen LogP contribution in [-0.4, -0.2) is 93.3 Å². The van der Waals surface area contributed by atoms with Crippen molar-refractivity contribution >= 4 is 19.5 Å². The first-order valence-electron chi connectivity index (χ1n) is 8.25. The largest absolute Gasteiger partial charge is 0.477 e. The third-order valence-electron chi connectivity index (χ3n) is 3.92. The summed E-state index contributed by atoms with van der Waals surface area (Å²) in [5.74, 6) is -4.60. The molecule has 1 aliphatic rings. The average Bonchev–Trinajstić information content (AvgIpc) is 2.58. The lowest BCUT2D eigenvalue weighted by atomic mass is 9.88. The molecular weight excluding hydrogens is 401 g/mol. The summed E-state index contributed by atoms with van der Waals surface area (Å²) in [5.41, 5.74) is 0. The minimum absolute atomic E-state index is 0.262. The summed E-state index contributed by atoms with van der Waals surface area (Å²) in [7, 11) is -3.97. The van der Waals surface area contributed by atoms with Gasteiger partial charge in [0.1, 0.15) is 18.3 Å². The maximum Gasteiger partial charge on any atom is 0.364 e. The summed E-state index contributed by atoms with van der Waals surface area (Å²) in [5, 5.41) is 42.7. The highest BCUT2D eigenvalue weighted by molar-refractivity contribution is 7.51. The number of nitrogens with one attached hydrogen (secondary N) is 1.